The van der Waals surface area contributed by atoms with Crippen LogP contribution in [0.1, 0.15) is 45.1 Å². The summed E-state index contributed by atoms with van der Waals surface area (Å²) in [5, 5.41) is 8.66. The minimum absolute atomic E-state index is 0. The first-order chi connectivity index (χ1) is 8.72. The summed E-state index contributed by atoms with van der Waals surface area (Å²) in [6, 6.07) is 8.21. The van der Waals surface area contributed by atoms with Crippen molar-refractivity contribution in [2.75, 3.05) is 13.2 Å². The molecule has 0 saturated carbocycles. The Kier molecular flexibility index (Phi) is 10.7. The van der Waals surface area contributed by atoms with E-state index in [1.165, 1.54) is 31.2 Å². The highest BCUT2D eigenvalue weighted by Crippen LogP contribution is 2.15. The van der Waals surface area contributed by atoms with E-state index in [4.69, 9.17) is 9.84 Å². The van der Waals surface area contributed by atoms with Crippen LogP contribution in [0.2, 0.25) is 0 Å². The van der Waals surface area contributed by atoms with Crippen molar-refractivity contribution in [1.29, 1.82) is 0 Å². The van der Waals surface area contributed by atoms with Crippen LogP contribution in [0.15, 0.2) is 24.3 Å². The number of benzene rings is 1. The van der Waals surface area contributed by atoms with E-state index in [1.807, 2.05) is 12.1 Å². The summed E-state index contributed by atoms with van der Waals surface area (Å²) in [4.78, 5) is 0. The third-order valence-corrected chi connectivity index (χ3v) is 3.03. The third-order valence-electron chi connectivity index (χ3n) is 3.03. The number of hydrogen-bond donors (Lipinski definition) is 1. The van der Waals surface area contributed by atoms with E-state index in [0.29, 0.717) is 6.61 Å². The number of aryl methyl sites for hydroxylation is 1. The minimum Gasteiger partial charge on any atom is -0.491 e. The van der Waals surface area contributed by atoms with Gasteiger partial charge in [-0.1, -0.05) is 45.2 Å². The van der Waals surface area contributed by atoms with Gasteiger partial charge in [-0.05, 0) is 36.5 Å². The number of aliphatic hydroxyl groups is 1. The van der Waals surface area contributed by atoms with Gasteiger partial charge in [0, 0.05) is 0 Å². The van der Waals surface area contributed by atoms with Crippen LogP contribution in [0.4, 0.5) is 0 Å². The summed E-state index contributed by atoms with van der Waals surface area (Å²) in [6.07, 6.45) is 6.42. The molecule has 0 amide bonds. The first kappa shape index (κ1) is 18.3. The van der Waals surface area contributed by atoms with Crippen molar-refractivity contribution >= 4 is 12.4 Å². The van der Waals surface area contributed by atoms with Crippen molar-refractivity contribution in [2.45, 2.75) is 46.0 Å². The molecule has 0 aromatic heterocycles. The van der Waals surface area contributed by atoms with Gasteiger partial charge in [-0.15, -0.1) is 12.4 Å². The first-order valence-electron chi connectivity index (χ1n) is 7.05. The zero-order chi connectivity index (χ0) is 13.2. The van der Waals surface area contributed by atoms with E-state index in [2.05, 4.69) is 26.0 Å². The molecule has 0 bridgehead atoms. The molecule has 0 fully saturated rings. The monoisotopic (exact) mass is 286 g/mol. The molecule has 1 rings (SSSR count). The molecule has 0 aliphatic rings. The van der Waals surface area contributed by atoms with E-state index >= 15 is 0 Å². The summed E-state index contributed by atoms with van der Waals surface area (Å²) in [5.41, 5.74) is 1.37. The molecule has 19 heavy (non-hydrogen) atoms. The standard InChI is InChI=1S/C16H26O2.ClH/c1-14(2)6-4-3-5-7-15-8-10-16(11-9-15)18-13-12-17;/h8-11,14,17H,3-7,12-13H2,1-2H3;1H. The first-order valence-corrected chi connectivity index (χ1v) is 7.05. The topological polar surface area (TPSA) is 29.5 Å². The van der Waals surface area contributed by atoms with Gasteiger partial charge in [0.2, 0.25) is 0 Å². The lowest BCUT2D eigenvalue weighted by Gasteiger charge is -2.06. The summed E-state index contributed by atoms with van der Waals surface area (Å²) in [5.74, 6) is 1.67. The Balaban J connectivity index is 0.00000324. The molecule has 0 spiro atoms. The average molecular weight is 287 g/mol. The molecule has 0 heterocycles. The highest BCUT2D eigenvalue weighted by molar-refractivity contribution is 5.85. The molecule has 2 nitrogen and oxygen atoms in total. The predicted molar refractivity (Wildman–Crippen MR) is 83.3 cm³/mol. The molecule has 110 valence electrons. The van der Waals surface area contributed by atoms with Gasteiger partial charge in [-0.2, -0.15) is 0 Å². The number of unbranched alkanes of at least 4 members (excludes halogenated alkanes) is 2. The van der Waals surface area contributed by atoms with Crippen molar-refractivity contribution in [3.05, 3.63) is 29.8 Å². The Labute approximate surface area is 123 Å². The largest absolute Gasteiger partial charge is 0.491 e. The molecule has 0 saturated heterocycles. The maximum atomic E-state index is 8.66. The van der Waals surface area contributed by atoms with Crippen LogP contribution in [0.5, 0.6) is 5.75 Å². The second kappa shape index (κ2) is 11.1. The number of hydrogen-bond acceptors (Lipinski definition) is 2. The zero-order valence-corrected chi connectivity index (χ0v) is 12.9. The lowest BCUT2D eigenvalue weighted by Crippen LogP contribution is -2.01. The molecular formula is C16H27ClO2. The maximum absolute atomic E-state index is 8.66. The lowest BCUT2D eigenvalue weighted by molar-refractivity contribution is 0.201. The lowest BCUT2D eigenvalue weighted by atomic mass is 10.0. The molecule has 0 aliphatic heterocycles. The van der Waals surface area contributed by atoms with Crippen LogP contribution in [0.3, 0.4) is 0 Å². The minimum atomic E-state index is 0. The van der Waals surface area contributed by atoms with Crippen LogP contribution >= 0.6 is 12.4 Å². The molecule has 1 aromatic rings. The van der Waals surface area contributed by atoms with E-state index < -0.39 is 0 Å². The smallest absolute Gasteiger partial charge is 0.119 e. The van der Waals surface area contributed by atoms with E-state index in [1.54, 1.807) is 0 Å². The fourth-order valence-corrected chi connectivity index (χ4v) is 1.97. The average Bonchev–Trinajstić information content (AvgIpc) is 2.37. The number of aliphatic hydroxyl groups excluding tert-OH is 1. The Morgan fingerprint density at radius 3 is 2.32 bits per heavy atom. The maximum Gasteiger partial charge on any atom is 0.119 e. The summed E-state index contributed by atoms with van der Waals surface area (Å²) in [7, 11) is 0. The molecule has 0 aliphatic carbocycles. The van der Waals surface area contributed by atoms with Crippen molar-refractivity contribution < 1.29 is 9.84 Å². The Morgan fingerprint density at radius 2 is 1.74 bits per heavy atom. The van der Waals surface area contributed by atoms with Crippen LogP contribution in [0, 0.1) is 5.92 Å². The normalized spacial score (nSPS) is 10.3. The number of halogens is 1. The van der Waals surface area contributed by atoms with E-state index in [-0.39, 0.29) is 19.0 Å². The van der Waals surface area contributed by atoms with Crippen LogP contribution in [-0.4, -0.2) is 18.3 Å². The quantitative estimate of drug-likeness (QED) is 0.688. The van der Waals surface area contributed by atoms with Gasteiger partial charge in [-0.25, -0.2) is 0 Å². The highest BCUT2D eigenvalue weighted by atomic mass is 35.5. The molecule has 0 unspecified atom stereocenters. The second-order valence-electron chi connectivity index (χ2n) is 5.21. The van der Waals surface area contributed by atoms with Gasteiger partial charge in [0.25, 0.3) is 0 Å². The van der Waals surface area contributed by atoms with Gasteiger partial charge in [0.05, 0.1) is 6.61 Å². The second-order valence-corrected chi connectivity index (χ2v) is 5.21. The van der Waals surface area contributed by atoms with Gasteiger partial charge in [0.15, 0.2) is 0 Å². The van der Waals surface area contributed by atoms with Gasteiger partial charge < -0.3 is 9.84 Å². The summed E-state index contributed by atoms with van der Waals surface area (Å²) >= 11 is 0. The summed E-state index contributed by atoms with van der Waals surface area (Å²) < 4.78 is 5.33. The third kappa shape index (κ3) is 8.90. The number of rotatable bonds is 9. The van der Waals surface area contributed by atoms with Gasteiger partial charge >= 0.3 is 0 Å². The fourth-order valence-electron chi connectivity index (χ4n) is 1.97. The highest BCUT2D eigenvalue weighted by Gasteiger charge is 1.97. The number of ether oxygens (including phenoxy) is 1. The Morgan fingerprint density at radius 1 is 1.05 bits per heavy atom. The van der Waals surface area contributed by atoms with E-state index in [0.717, 1.165) is 18.1 Å². The zero-order valence-electron chi connectivity index (χ0n) is 12.1. The predicted octanol–water partition coefficient (Wildman–Crippen LogP) is 4.24. The van der Waals surface area contributed by atoms with Crippen LogP contribution in [-0.2, 0) is 6.42 Å². The molecule has 0 atom stereocenters. The molecule has 1 aromatic carbocycles. The van der Waals surface area contributed by atoms with Crippen molar-refractivity contribution in [3.8, 4) is 5.75 Å². The molecular weight excluding hydrogens is 260 g/mol. The Hall–Kier alpha value is -0.730. The molecule has 0 radical (unpaired) electrons. The van der Waals surface area contributed by atoms with E-state index in [9.17, 15) is 0 Å². The van der Waals surface area contributed by atoms with Gasteiger partial charge in [0.1, 0.15) is 12.4 Å². The van der Waals surface area contributed by atoms with Gasteiger partial charge in [-0.3, -0.25) is 0 Å². The summed E-state index contributed by atoms with van der Waals surface area (Å²) in [6.45, 7) is 5.00. The molecule has 3 heteroatoms. The fraction of sp³-hybridized carbons (Fsp3) is 0.625. The van der Waals surface area contributed by atoms with Crippen LogP contribution in [0.25, 0.3) is 0 Å². The Bertz CT molecular complexity index is 309. The SMILES string of the molecule is CC(C)CCCCCc1ccc(OCCO)cc1.Cl. The van der Waals surface area contributed by atoms with Crippen molar-refractivity contribution in [2.24, 2.45) is 5.92 Å². The van der Waals surface area contributed by atoms with Crippen molar-refractivity contribution in [3.63, 3.8) is 0 Å². The van der Waals surface area contributed by atoms with Crippen LogP contribution < -0.4 is 4.74 Å². The van der Waals surface area contributed by atoms with Crippen molar-refractivity contribution in [1.82, 2.24) is 0 Å². The molecule has 1 N–H and O–H groups in total.